The van der Waals surface area contributed by atoms with Gasteiger partial charge in [0, 0.05) is 12.3 Å². The zero-order valence-electron chi connectivity index (χ0n) is 9.94. The molecule has 100 valence electrons. The summed E-state index contributed by atoms with van der Waals surface area (Å²) in [7, 11) is 1.24. The number of aromatic amines is 1. The fourth-order valence-corrected chi connectivity index (χ4v) is 1.93. The molecule has 0 bridgehead atoms. The average molecular weight is 284 g/mol. The van der Waals surface area contributed by atoms with Gasteiger partial charge in [-0.15, -0.1) is 0 Å². The zero-order valence-corrected chi connectivity index (χ0v) is 10.8. The van der Waals surface area contributed by atoms with Gasteiger partial charge < -0.3 is 14.3 Å². The van der Waals surface area contributed by atoms with E-state index >= 15 is 0 Å². The molecule has 1 N–H and O–H groups in total. The van der Waals surface area contributed by atoms with E-state index in [0.717, 1.165) is 6.07 Å². The lowest BCUT2D eigenvalue weighted by Crippen LogP contribution is -2.11. The van der Waals surface area contributed by atoms with Crippen molar-refractivity contribution in [3.05, 3.63) is 52.1 Å². The Morgan fingerprint density at radius 2 is 2.00 bits per heavy atom. The third kappa shape index (κ3) is 2.87. The van der Waals surface area contributed by atoms with Crippen LogP contribution in [-0.2, 0) is 11.3 Å². The normalized spacial score (nSPS) is 10.5. The van der Waals surface area contributed by atoms with Crippen molar-refractivity contribution in [2.75, 3.05) is 7.11 Å². The second-order valence-electron chi connectivity index (χ2n) is 3.83. The summed E-state index contributed by atoms with van der Waals surface area (Å²) < 4.78 is 32.5. The van der Waals surface area contributed by atoms with Crippen molar-refractivity contribution >= 4 is 18.2 Å². The molecule has 0 aliphatic rings. The summed E-state index contributed by atoms with van der Waals surface area (Å²) in [6.07, 6.45) is 1.39. The van der Waals surface area contributed by atoms with Crippen molar-refractivity contribution in [1.29, 1.82) is 0 Å². The van der Waals surface area contributed by atoms with E-state index in [9.17, 15) is 13.6 Å². The number of aromatic nitrogens is 2. The van der Waals surface area contributed by atoms with Gasteiger partial charge in [-0.25, -0.2) is 13.6 Å². The van der Waals surface area contributed by atoms with Crippen molar-refractivity contribution in [2.24, 2.45) is 0 Å². The van der Waals surface area contributed by atoms with Gasteiger partial charge in [-0.05, 0) is 29.9 Å². The maximum absolute atomic E-state index is 13.1. The Hall–Kier alpha value is -2.02. The molecule has 0 fully saturated rings. The second-order valence-corrected chi connectivity index (χ2v) is 4.22. The highest BCUT2D eigenvalue weighted by atomic mass is 32.1. The first-order valence-electron chi connectivity index (χ1n) is 5.32. The van der Waals surface area contributed by atoms with Gasteiger partial charge in [-0.2, -0.15) is 0 Å². The minimum Gasteiger partial charge on any atom is -0.464 e. The number of carbonyl (C=O) groups excluding carboxylic acids is 1. The summed E-state index contributed by atoms with van der Waals surface area (Å²) in [6, 6.07) is 3.14. The zero-order chi connectivity index (χ0) is 14.0. The Labute approximate surface area is 112 Å². The van der Waals surface area contributed by atoms with E-state index in [1.54, 1.807) is 0 Å². The Morgan fingerprint density at radius 3 is 2.58 bits per heavy atom. The van der Waals surface area contributed by atoms with Crippen LogP contribution in [0.5, 0.6) is 0 Å². The number of imidazole rings is 1. The first kappa shape index (κ1) is 13.4. The molecule has 19 heavy (non-hydrogen) atoms. The molecular weight excluding hydrogens is 274 g/mol. The largest absolute Gasteiger partial charge is 0.464 e. The standard InChI is InChI=1S/C12H10F2N2O2S/c1-18-11(17)10-5-15-12(19)16(10)6-7-2-8(13)4-9(14)3-7/h2-5H,6H2,1H3,(H,15,19). The van der Waals surface area contributed by atoms with Crippen LogP contribution in [0.15, 0.2) is 24.4 Å². The highest BCUT2D eigenvalue weighted by Gasteiger charge is 2.14. The molecule has 0 radical (unpaired) electrons. The van der Waals surface area contributed by atoms with E-state index in [4.69, 9.17) is 12.2 Å². The maximum Gasteiger partial charge on any atom is 0.356 e. The van der Waals surface area contributed by atoms with Crippen LogP contribution in [0, 0.1) is 16.4 Å². The third-order valence-corrected chi connectivity index (χ3v) is 2.86. The lowest BCUT2D eigenvalue weighted by molar-refractivity contribution is 0.0589. The van der Waals surface area contributed by atoms with Crippen molar-refractivity contribution in [1.82, 2.24) is 9.55 Å². The number of rotatable bonds is 3. The van der Waals surface area contributed by atoms with E-state index < -0.39 is 17.6 Å². The number of benzene rings is 1. The number of halogens is 2. The van der Waals surface area contributed by atoms with Gasteiger partial charge in [0.2, 0.25) is 0 Å². The third-order valence-electron chi connectivity index (χ3n) is 2.53. The van der Waals surface area contributed by atoms with Crippen LogP contribution in [0.25, 0.3) is 0 Å². The highest BCUT2D eigenvalue weighted by molar-refractivity contribution is 7.71. The highest BCUT2D eigenvalue weighted by Crippen LogP contribution is 2.12. The van der Waals surface area contributed by atoms with Gasteiger partial charge in [0.05, 0.1) is 13.7 Å². The first-order chi connectivity index (χ1) is 9.01. The van der Waals surface area contributed by atoms with Crippen LogP contribution in [0.1, 0.15) is 16.1 Å². The summed E-state index contributed by atoms with van der Waals surface area (Å²) in [5, 5.41) is 0. The maximum atomic E-state index is 13.1. The number of ether oxygens (including phenoxy) is 1. The van der Waals surface area contributed by atoms with Gasteiger partial charge in [-0.3, -0.25) is 0 Å². The number of hydrogen-bond acceptors (Lipinski definition) is 3. The van der Waals surface area contributed by atoms with E-state index in [1.165, 1.54) is 30.0 Å². The van der Waals surface area contributed by atoms with E-state index in [2.05, 4.69) is 9.72 Å². The number of nitrogens with zero attached hydrogens (tertiary/aromatic N) is 1. The van der Waals surface area contributed by atoms with E-state index in [-0.39, 0.29) is 17.0 Å². The minimum absolute atomic E-state index is 0.0709. The summed E-state index contributed by atoms with van der Waals surface area (Å²) in [4.78, 5) is 14.2. The monoisotopic (exact) mass is 284 g/mol. The van der Waals surface area contributed by atoms with Crippen LogP contribution < -0.4 is 0 Å². The average Bonchev–Trinajstić information content (AvgIpc) is 2.69. The molecular formula is C12H10F2N2O2S. The molecule has 0 amide bonds. The number of methoxy groups -OCH3 is 1. The minimum atomic E-state index is -0.684. The lowest BCUT2D eigenvalue weighted by atomic mass is 10.2. The van der Waals surface area contributed by atoms with Crippen molar-refractivity contribution < 1.29 is 18.3 Å². The summed E-state index contributed by atoms with van der Waals surface area (Å²) >= 11 is 5.02. The lowest BCUT2D eigenvalue weighted by Gasteiger charge is -2.07. The van der Waals surface area contributed by atoms with Gasteiger partial charge in [0.25, 0.3) is 0 Å². The number of esters is 1. The molecule has 2 rings (SSSR count). The van der Waals surface area contributed by atoms with Gasteiger partial charge in [0.1, 0.15) is 17.3 Å². The molecule has 0 atom stereocenters. The van der Waals surface area contributed by atoms with Crippen LogP contribution in [0.2, 0.25) is 0 Å². The van der Waals surface area contributed by atoms with Gasteiger partial charge >= 0.3 is 5.97 Å². The van der Waals surface area contributed by atoms with Crippen LogP contribution in [0.4, 0.5) is 8.78 Å². The molecule has 0 spiro atoms. The van der Waals surface area contributed by atoms with Crippen molar-refractivity contribution in [3.63, 3.8) is 0 Å². The smallest absolute Gasteiger partial charge is 0.356 e. The van der Waals surface area contributed by atoms with Gasteiger partial charge in [0.15, 0.2) is 4.77 Å². The predicted molar refractivity (Wildman–Crippen MR) is 66.4 cm³/mol. The molecule has 7 heteroatoms. The summed E-state index contributed by atoms with van der Waals surface area (Å²) in [6.45, 7) is 0.0709. The fraction of sp³-hybridized carbons (Fsp3) is 0.167. The Balaban J connectivity index is 2.40. The Morgan fingerprint density at radius 1 is 1.37 bits per heavy atom. The van der Waals surface area contributed by atoms with Gasteiger partial charge in [-0.1, -0.05) is 0 Å². The number of H-pyrrole nitrogens is 1. The molecule has 0 saturated heterocycles. The molecule has 0 saturated carbocycles. The molecule has 0 aliphatic carbocycles. The molecule has 0 aliphatic heterocycles. The molecule has 2 aromatic rings. The van der Waals surface area contributed by atoms with Crippen LogP contribution in [0.3, 0.4) is 0 Å². The fourth-order valence-electron chi connectivity index (χ4n) is 1.71. The Kier molecular flexibility index (Phi) is 3.75. The first-order valence-corrected chi connectivity index (χ1v) is 5.73. The number of nitrogens with one attached hydrogen (secondary N) is 1. The second kappa shape index (κ2) is 5.31. The summed E-state index contributed by atoms with van der Waals surface area (Å²) in [5.41, 5.74) is 0.551. The Bertz CT molecular complexity index is 658. The van der Waals surface area contributed by atoms with Crippen molar-refractivity contribution in [3.8, 4) is 0 Å². The predicted octanol–water partition coefficient (Wildman–Crippen LogP) is 2.66. The van der Waals surface area contributed by atoms with Crippen molar-refractivity contribution in [2.45, 2.75) is 6.54 Å². The van der Waals surface area contributed by atoms with E-state index in [1.807, 2.05) is 0 Å². The SMILES string of the molecule is COC(=O)c1c[nH]c(=S)n1Cc1cc(F)cc(F)c1. The quantitative estimate of drug-likeness (QED) is 0.696. The summed E-state index contributed by atoms with van der Waals surface area (Å²) in [5.74, 6) is -1.95. The van der Waals surface area contributed by atoms with E-state index in [0.29, 0.717) is 5.56 Å². The molecule has 1 heterocycles. The van der Waals surface area contributed by atoms with Crippen LogP contribution in [-0.4, -0.2) is 22.6 Å². The number of carbonyl (C=O) groups is 1. The van der Waals surface area contributed by atoms with Crippen LogP contribution >= 0.6 is 12.2 Å². The molecule has 1 aromatic heterocycles. The molecule has 1 aromatic carbocycles. The number of hydrogen-bond donors (Lipinski definition) is 1. The topological polar surface area (TPSA) is 47.0 Å². The molecule has 0 unspecified atom stereocenters. The molecule has 4 nitrogen and oxygen atoms in total.